The van der Waals surface area contributed by atoms with Gasteiger partial charge in [-0.2, -0.15) is 15.0 Å². The molecule has 0 spiro atoms. The van der Waals surface area contributed by atoms with Crippen LogP contribution in [0.3, 0.4) is 0 Å². The van der Waals surface area contributed by atoms with E-state index in [9.17, 15) is 18.7 Å². The molecule has 1 aliphatic rings. The van der Waals surface area contributed by atoms with E-state index >= 15 is 0 Å². The first kappa shape index (κ1) is 14.1. The van der Waals surface area contributed by atoms with Crippen molar-refractivity contribution in [3.63, 3.8) is 0 Å². The fraction of sp³-hybridized carbons (Fsp3) is 0.625. The molecule has 0 aliphatic carbocycles. The van der Waals surface area contributed by atoms with Crippen LogP contribution in [-0.4, -0.2) is 51.4 Å². The molecule has 0 amide bonds. The van der Waals surface area contributed by atoms with Crippen molar-refractivity contribution < 1.29 is 37.5 Å². The van der Waals surface area contributed by atoms with Crippen LogP contribution in [0.5, 0.6) is 0 Å². The number of carbonyl (C=O) groups excluding carboxylic acids is 1. The third-order valence-corrected chi connectivity index (χ3v) is 2.27. The quantitative estimate of drug-likeness (QED) is 0.495. The van der Waals surface area contributed by atoms with E-state index in [1.807, 2.05) is 0 Å². The first-order valence-corrected chi connectivity index (χ1v) is 4.68. The van der Waals surface area contributed by atoms with Crippen molar-refractivity contribution in [1.29, 1.82) is 0 Å². The Kier molecular flexibility index (Phi) is 4.25. The second kappa shape index (κ2) is 5.12. The number of carbonyl (C=O) groups is 1. The molecule has 0 aromatic carbocycles. The monoisotopic (exact) mass is 238 g/mol. The van der Waals surface area contributed by atoms with Crippen molar-refractivity contribution in [3.05, 3.63) is 11.9 Å². The molecule has 1 aliphatic heterocycles. The van der Waals surface area contributed by atoms with Gasteiger partial charge in [0.25, 0.3) is 5.92 Å². The summed E-state index contributed by atoms with van der Waals surface area (Å²) in [4.78, 5) is 13.1. The Labute approximate surface area is 108 Å². The summed E-state index contributed by atoms with van der Waals surface area (Å²) in [5, 5.41) is 17.6. The number of carboxylic acids is 1. The Hall–Kier alpha value is -0.973. The minimum Gasteiger partial charge on any atom is -0.543 e. The number of alkyl halides is 2. The van der Waals surface area contributed by atoms with E-state index in [2.05, 4.69) is 10.2 Å². The van der Waals surface area contributed by atoms with Gasteiger partial charge in [0.2, 0.25) is 0 Å². The number of rotatable bonds is 4. The summed E-state index contributed by atoms with van der Waals surface area (Å²) in [5.74, 6) is -3.99. The minimum atomic E-state index is -2.59. The molecule has 1 fully saturated rings. The second-order valence-corrected chi connectivity index (χ2v) is 3.68. The van der Waals surface area contributed by atoms with Gasteiger partial charge in [0.1, 0.15) is 5.69 Å². The molecule has 6 nitrogen and oxygen atoms in total. The molecular weight excluding hydrogens is 229 g/mol. The minimum absolute atomic E-state index is 0. The zero-order valence-electron chi connectivity index (χ0n) is 9.27. The van der Waals surface area contributed by atoms with E-state index in [1.165, 1.54) is 0 Å². The third kappa shape index (κ3) is 3.49. The van der Waals surface area contributed by atoms with Crippen molar-refractivity contribution in [2.24, 2.45) is 0 Å². The molecule has 88 valence electrons. The fourth-order valence-corrected chi connectivity index (χ4v) is 1.50. The van der Waals surface area contributed by atoms with E-state index < -0.39 is 11.9 Å². The van der Waals surface area contributed by atoms with Crippen LogP contribution in [0.1, 0.15) is 10.5 Å². The van der Waals surface area contributed by atoms with Crippen molar-refractivity contribution in [2.75, 3.05) is 19.6 Å². The molecular formula is C8H9F2LiN4O2. The molecule has 0 unspecified atom stereocenters. The number of nitrogens with zero attached hydrogens (tertiary/aromatic N) is 4. The van der Waals surface area contributed by atoms with Gasteiger partial charge in [0.15, 0.2) is 0 Å². The number of halogens is 2. The molecule has 17 heavy (non-hydrogen) atoms. The SMILES string of the molecule is O=C([O-])c1cnn(CCN2CC(F)(F)C2)n1.[Li+]. The molecule has 1 aromatic heterocycles. The molecule has 0 saturated carbocycles. The van der Waals surface area contributed by atoms with Crippen molar-refractivity contribution in [1.82, 2.24) is 19.9 Å². The van der Waals surface area contributed by atoms with Crippen LogP contribution in [0.2, 0.25) is 0 Å². The number of aromatic carboxylic acids is 1. The van der Waals surface area contributed by atoms with Gasteiger partial charge in [0, 0.05) is 6.54 Å². The number of hydrogen-bond donors (Lipinski definition) is 0. The third-order valence-electron chi connectivity index (χ3n) is 2.27. The Morgan fingerprint density at radius 1 is 1.47 bits per heavy atom. The van der Waals surface area contributed by atoms with E-state index in [-0.39, 0.29) is 44.2 Å². The van der Waals surface area contributed by atoms with Crippen LogP contribution in [-0.2, 0) is 6.54 Å². The maximum Gasteiger partial charge on any atom is 1.00 e. The molecule has 0 radical (unpaired) electrons. The average molecular weight is 238 g/mol. The summed E-state index contributed by atoms with van der Waals surface area (Å²) in [6.45, 7) is 0.128. The van der Waals surface area contributed by atoms with Crippen molar-refractivity contribution in [2.45, 2.75) is 12.5 Å². The zero-order chi connectivity index (χ0) is 11.8. The van der Waals surface area contributed by atoms with Crippen LogP contribution >= 0.6 is 0 Å². The maximum absolute atomic E-state index is 12.5. The fourth-order valence-electron chi connectivity index (χ4n) is 1.50. The van der Waals surface area contributed by atoms with Gasteiger partial charge in [-0.05, 0) is 0 Å². The first-order valence-electron chi connectivity index (χ1n) is 4.68. The smallest absolute Gasteiger partial charge is 0.543 e. The molecule has 0 N–H and O–H groups in total. The van der Waals surface area contributed by atoms with E-state index in [0.29, 0.717) is 6.54 Å². The molecule has 2 rings (SSSR count). The normalized spacial score (nSPS) is 18.2. The van der Waals surface area contributed by atoms with Gasteiger partial charge in [0.05, 0.1) is 31.8 Å². The first-order chi connectivity index (χ1) is 7.46. The summed E-state index contributed by atoms with van der Waals surface area (Å²) >= 11 is 0. The summed E-state index contributed by atoms with van der Waals surface area (Å²) in [5.41, 5.74) is -0.256. The van der Waals surface area contributed by atoms with Crippen LogP contribution in [0.25, 0.3) is 0 Å². The summed E-state index contributed by atoms with van der Waals surface area (Å²) in [7, 11) is 0. The van der Waals surface area contributed by atoms with Gasteiger partial charge < -0.3 is 9.90 Å². The zero-order valence-corrected chi connectivity index (χ0v) is 9.27. The van der Waals surface area contributed by atoms with Gasteiger partial charge in [-0.15, -0.1) is 0 Å². The van der Waals surface area contributed by atoms with Crippen LogP contribution < -0.4 is 24.0 Å². The summed E-state index contributed by atoms with van der Waals surface area (Å²) in [6.07, 6.45) is 1.07. The topological polar surface area (TPSA) is 74.1 Å². The molecule has 0 atom stereocenters. The molecule has 1 aromatic rings. The second-order valence-electron chi connectivity index (χ2n) is 3.68. The Morgan fingerprint density at radius 2 is 2.12 bits per heavy atom. The number of carboxylic acid groups (broad SMARTS) is 1. The number of hydrogen-bond acceptors (Lipinski definition) is 5. The predicted molar refractivity (Wildman–Crippen MR) is 45.7 cm³/mol. The van der Waals surface area contributed by atoms with Gasteiger partial charge in [-0.3, -0.25) is 4.90 Å². The Morgan fingerprint density at radius 3 is 2.59 bits per heavy atom. The maximum atomic E-state index is 12.5. The van der Waals surface area contributed by atoms with E-state index in [0.717, 1.165) is 11.0 Å². The largest absolute Gasteiger partial charge is 1.00 e. The predicted octanol–water partition coefficient (Wildman–Crippen LogP) is -4.40. The molecule has 1 saturated heterocycles. The van der Waals surface area contributed by atoms with Crippen LogP contribution in [0, 0.1) is 0 Å². The molecule has 9 heteroatoms. The average Bonchev–Trinajstić information content (AvgIpc) is 2.59. The van der Waals surface area contributed by atoms with Crippen LogP contribution in [0.4, 0.5) is 8.78 Å². The van der Waals surface area contributed by atoms with Crippen molar-refractivity contribution in [3.8, 4) is 0 Å². The Bertz CT molecular complexity index is 404. The molecule has 2 heterocycles. The van der Waals surface area contributed by atoms with E-state index in [1.54, 1.807) is 4.90 Å². The van der Waals surface area contributed by atoms with Gasteiger partial charge in [-0.1, -0.05) is 0 Å². The number of aromatic nitrogens is 3. The van der Waals surface area contributed by atoms with Gasteiger partial charge >= 0.3 is 18.9 Å². The van der Waals surface area contributed by atoms with Gasteiger partial charge in [-0.25, -0.2) is 8.78 Å². The number of likely N-dealkylation sites (tertiary alicyclic amines) is 1. The standard InChI is InChI=1S/C8H10F2N4O2.Li/c9-8(10)4-13(5-8)1-2-14-11-3-6(12-14)7(15)16;/h3H,1-2,4-5H2,(H,15,16);/q;+1/p-1. The summed E-state index contributed by atoms with van der Waals surface area (Å²) < 4.78 is 24.9. The van der Waals surface area contributed by atoms with Crippen LogP contribution in [0.15, 0.2) is 6.20 Å². The molecule has 0 bridgehead atoms. The van der Waals surface area contributed by atoms with Crippen molar-refractivity contribution >= 4 is 5.97 Å². The Balaban J connectivity index is 0.00000144. The summed E-state index contributed by atoms with van der Waals surface area (Å²) in [6, 6.07) is 0. The van der Waals surface area contributed by atoms with E-state index in [4.69, 9.17) is 0 Å².